The molecule has 0 unspecified atom stereocenters. The number of rotatable bonds is 4. The summed E-state index contributed by atoms with van der Waals surface area (Å²) in [7, 11) is 0. The zero-order valence-electron chi connectivity index (χ0n) is 55.6. The molecule has 1 aromatic heterocycles. The fraction of sp³-hybridized carbons (Fsp3) is 0.0769. The summed E-state index contributed by atoms with van der Waals surface area (Å²) >= 11 is 0. The van der Waals surface area contributed by atoms with Gasteiger partial charge in [0.2, 0.25) is 0 Å². The van der Waals surface area contributed by atoms with Crippen LogP contribution in [-0.2, 0) is 11.8 Å². The predicted molar refractivity (Wildman–Crippen MR) is 224 cm³/mol. The molecular formula is C52H36O. The Bertz CT molecular complexity index is 4620. The highest BCUT2D eigenvalue weighted by molar-refractivity contribution is 6.18. The van der Waals surface area contributed by atoms with Gasteiger partial charge in [0.25, 0.3) is 0 Å². The van der Waals surface area contributed by atoms with E-state index < -0.39 is 247 Å². The van der Waals surface area contributed by atoms with Crippen molar-refractivity contribution in [1.29, 1.82) is 0 Å². The largest absolute Gasteiger partial charge is 0.455 e. The molecule has 0 saturated heterocycles. The third-order valence-electron chi connectivity index (χ3n) is 9.78. The predicted octanol–water partition coefficient (Wildman–Crippen LogP) is 14.3. The monoisotopic (exact) mass is 704 g/mol. The van der Waals surface area contributed by atoms with Crippen molar-refractivity contribution in [1.82, 2.24) is 0 Å². The molecule has 10 aromatic rings. The number of fused-ring (bicyclic) bond motifs is 10. The van der Waals surface area contributed by atoms with E-state index in [0.717, 1.165) is 0 Å². The van der Waals surface area contributed by atoms with Crippen LogP contribution < -0.4 is 0 Å². The Labute approximate surface area is 348 Å². The van der Waals surface area contributed by atoms with E-state index in [-0.39, 0.29) is 44.0 Å². The highest BCUT2D eigenvalue weighted by Gasteiger charge is 2.35. The van der Waals surface area contributed by atoms with Crippen LogP contribution in [0.2, 0.25) is 0 Å². The van der Waals surface area contributed by atoms with E-state index in [4.69, 9.17) is 25.0 Å². The van der Waals surface area contributed by atoms with Gasteiger partial charge in [-0.3, -0.25) is 0 Å². The summed E-state index contributed by atoms with van der Waals surface area (Å²) in [4.78, 5) is 0. The molecule has 0 aliphatic heterocycles. The third-order valence-corrected chi connectivity index (χ3v) is 9.78. The summed E-state index contributed by atoms with van der Waals surface area (Å²) in [5.41, 5.74) is -6.40. The molecule has 1 aliphatic rings. The first-order chi connectivity index (χ1) is 37.7. The van der Waals surface area contributed by atoms with Gasteiger partial charge in [0, 0.05) is 21.6 Å². The second kappa shape index (κ2) is 11.3. The fourth-order valence-electron chi connectivity index (χ4n) is 7.31. The van der Waals surface area contributed by atoms with Crippen LogP contribution in [-0.4, -0.2) is 0 Å². The molecule has 1 heterocycles. The Hall–Kier alpha value is -6.44. The van der Waals surface area contributed by atoms with Gasteiger partial charge in [-0.25, -0.2) is 0 Å². The molecular weight excluding hydrogens is 641 g/mol. The van der Waals surface area contributed by atoms with Crippen LogP contribution in [0.15, 0.2) is 174 Å². The normalized spacial score (nSPS) is 20.7. The maximum absolute atomic E-state index is 9.70. The van der Waals surface area contributed by atoms with Gasteiger partial charge in [0.1, 0.15) is 11.2 Å². The topological polar surface area (TPSA) is 13.1 Å². The van der Waals surface area contributed by atoms with Gasteiger partial charge in [-0.15, -0.1) is 0 Å². The van der Waals surface area contributed by atoms with Gasteiger partial charge in [0.05, 0.1) is 38.4 Å². The summed E-state index contributed by atoms with van der Waals surface area (Å²) in [5.74, 6) is 0. The van der Waals surface area contributed by atoms with E-state index in [1.165, 1.54) is 0 Å². The average molecular weight is 705 g/mol. The Morgan fingerprint density at radius 1 is 0.491 bits per heavy atom. The van der Waals surface area contributed by atoms with Crippen molar-refractivity contribution in [3.63, 3.8) is 0 Å². The highest BCUT2D eigenvalue weighted by Crippen LogP contribution is 2.50. The lowest BCUT2D eigenvalue weighted by atomic mass is 9.82. The zero-order chi connectivity index (χ0) is 59.6. The van der Waals surface area contributed by atoms with Crippen molar-refractivity contribution < 1.29 is 42.8 Å². The van der Waals surface area contributed by atoms with Gasteiger partial charge in [-0.1, -0.05) is 165 Å². The lowest BCUT2D eigenvalue weighted by Gasteiger charge is -2.21. The van der Waals surface area contributed by atoms with Crippen molar-refractivity contribution in [2.45, 2.75) is 25.7 Å². The maximum Gasteiger partial charge on any atom is 0.143 e. The van der Waals surface area contributed by atoms with Crippen molar-refractivity contribution >= 4 is 54.3 Å². The molecule has 250 valence electrons. The van der Waals surface area contributed by atoms with Crippen LogP contribution in [0.25, 0.3) is 87.6 Å². The van der Waals surface area contributed by atoms with Gasteiger partial charge >= 0.3 is 0 Å². The lowest BCUT2D eigenvalue weighted by Crippen LogP contribution is -2.14. The molecule has 0 fully saturated rings. The molecule has 0 radical (unpaired) electrons. The van der Waals surface area contributed by atoms with Crippen LogP contribution in [0.5, 0.6) is 0 Å². The summed E-state index contributed by atoms with van der Waals surface area (Å²) in [6.45, 7) is 3.09. The van der Waals surface area contributed by atoms with Crippen LogP contribution in [0.3, 0.4) is 0 Å². The maximum atomic E-state index is 9.70. The van der Waals surface area contributed by atoms with E-state index in [0.29, 0.717) is 0 Å². The summed E-state index contributed by atoms with van der Waals surface area (Å²) < 4.78 is 261. The minimum Gasteiger partial charge on any atom is -0.455 e. The summed E-state index contributed by atoms with van der Waals surface area (Å²) in [6, 6.07) is -22.4. The molecule has 0 spiro atoms. The van der Waals surface area contributed by atoms with Crippen molar-refractivity contribution in [2.75, 3.05) is 0 Å². The lowest BCUT2D eigenvalue weighted by molar-refractivity contribution is 0.660. The molecule has 9 aromatic carbocycles. The van der Waals surface area contributed by atoms with E-state index in [9.17, 15) is 17.8 Å². The first-order valence-corrected chi connectivity index (χ1v) is 16.4. The Morgan fingerprint density at radius 3 is 1.89 bits per heavy atom. The Morgan fingerprint density at radius 2 is 1.11 bits per heavy atom. The molecule has 11 rings (SSSR count). The molecule has 0 N–H and O–H groups in total. The second-order valence-electron chi connectivity index (χ2n) is 13.0. The molecule has 0 amide bonds. The quantitative estimate of drug-likeness (QED) is 0.166. The van der Waals surface area contributed by atoms with Crippen LogP contribution >= 0.6 is 0 Å². The number of benzene rings is 9. The van der Waals surface area contributed by atoms with E-state index in [1.807, 2.05) is 0 Å². The first-order valence-electron chi connectivity index (χ1n) is 30.4. The molecule has 1 heteroatoms. The van der Waals surface area contributed by atoms with Crippen molar-refractivity contribution in [3.8, 4) is 33.4 Å². The van der Waals surface area contributed by atoms with Crippen molar-refractivity contribution in [2.24, 2.45) is 0 Å². The third kappa shape index (κ3) is 4.44. The van der Waals surface area contributed by atoms with Crippen molar-refractivity contribution in [3.05, 3.63) is 191 Å². The van der Waals surface area contributed by atoms with E-state index >= 15 is 0 Å². The Kier molecular flexibility index (Phi) is 2.88. The molecule has 1 nitrogen and oxygen atoms in total. The molecule has 0 saturated carbocycles. The first kappa shape index (κ1) is 13.5. The zero-order valence-corrected chi connectivity index (χ0v) is 27.6. The van der Waals surface area contributed by atoms with E-state index in [2.05, 4.69) is 0 Å². The van der Waals surface area contributed by atoms with Gasteiger partial charge in [-0.2, -0.15) is 0 Å². The van der Waals surface area contributed by atoms with Gasteiger partial charge < -0.3 is 4.42 Å². The summed E-state index contributed by atoms with van der Waals surface area (Å²) in [6.07, 6.45) is -0.863. The standard InChI is InChI=1S/C52H36O/c1-52(2)46-20-10-9-17-40(46)45-30-35(27-29-47(45)52)32-22-24-34(25-23-32)49-41-18-7-5-15-38(41)44(39-16-6-8-19-42(39)49)31-36-13-11-21-48-50(36)43-28-26-33-12-3-4-14-37(33)51(43)53-48/h3-30H,31H2,1-2H3/i3D,4D,5D,6D,7D,8D,9D,10D,11D,12D,13D,14D,15D,16D,17D,18D,19D,20D,21D,22D,23D,24D,25D,26D,27D,28D,29D,30D. The fourth-order valence-corrected chi connectivity index (χ4v) is 7.31. The average Bonchev–Trinajstić information content (AvgIpc) is 3.95. The Balaban J connectivity index is 1.29. The minimum atomic E-state index is -1.39. The molecule has 53 heavy (non-hydrogen) atoms. The second-order valence-corrected chi connectivity index (χ2v) is 13.0. The van der Waals surface area contributed by atoms with Crippen LogP contribution in [0.4, 0.5) is 0 Å². The number of hydrogen-bond acceptors (Lipinski definition) is 1. The smallest absolute Gasteiger partial charge is 0.143 e. The number of hydrogen-bond donors (Lipinski definition) is 0. The molecule has 1 aliphatic carbocycles. The van der Waals surface area contributed by atoms with E-state index in [1.54, 1.807) is 13.8 Å². The number of furan rings is 1. The summed E-state index contributed by atoms with van der Waals surface area (Å²) in [5, 5.41) is -3.90. The van der Waals surface area contributed by atoms with Gasteiger partial charge in [0.15, 0.2) is 0 Å². The SMILES string of the molecule is [2H]c1c([2H])c([2H])c2c(c1[2H])-c1c([2H])c(-c3c([2H])c([2H])c(-c4c5c([2H])c([2H])c([2H])c([2H])c5c(Cc5c([2H])c([2H])c([2H])c6oc7c8c([2H])c([2H])c([2H])c([2H])c8c([2H])c([2H])c7c56)c5c([2H])c([2H])c([2H])c([2H])c45)c([2H])c3[2H])c([2H])c([2H])c1C2(C)C. The van der Waals surface area contributed by atoms with Crippen LogP contribution in [0.1, 0.15) is 74.5 Å². The van der Waals surface area contributed by atoms with Crippen LogP contribution in [0, 0.1) is 0 Å². The van der Waals surface area contributed by atoms with Gasteiger partial charge in [-0.05, 0) is 107 Å². The molecule has 0 atom stereocenters. The highest BCUT2D eigenvalue weighted by atomic mass is 16.3. The minimum absolute atomic E-state index is 0.0125. The molecule has 0 bridgehead atoms.